The second-order valence-electron chi connectivity index (χ2n) is 6.01. The van der Waals surface area contributed by atoms with Crippen molar-refractivity contribution < 1.29 is 8.42 Å². The largest absolute Gasteiger partial charge is 0.354 e. The van der Waals surface area contributed by atoms with Gasteiger partial charge in [0.05, 0.1) is 12.4 Å². The maximum atomic E-state index is 12.2. The first kappa shape index (κ1) is 16.2. The summed E-state index contributed by atoms with van der Waals surface area (Å²) in [6.07, 6.45) is 8.17. The number of nitrogens with zero attached hydrogens (tertiary/aromatic N) is 2. The molecule has 0 spiro atoms. The molecule has 0 saturated heterocycles. The number of anilines is 1. The van der Waals surface area contributed by atoms with E-state index in [2.05, 4.69) is 26.9 Å². The van der Waals surface area contributed by atoms with Crippen molar-refractivity contribution in [1.29, 1.82) is 0 Å². The lowest BCUT2D eigenvalue weighted by molar-refractivity contribution is 0.336. The molecule has 0 amide bonds. The molecule has 0 atom stereocenters. The number of hydrogen-bond donors (Lipinski definition) is 2. The molecule has 1 fully saturated rings. The first-order chi connectivity index (χ1) is 9.95. The van der Waals surface area contributed by atoms with Crippen molar-refractivity contribution in [2.45, 2.75) is 50.8 Å². The Morgan fingerprint density at radius 3 is 2.43 bits per heavy atom. The molecule has 1 aliphatic carbocycles. The van der Waals surface area contributed by atoms with Crippen LogP contribution in [0.1, 0.15) is 46.0 Å². The van der Waals surface area contributed by atoms with Crippen molar-refractivity contribution in [1.82, 2.24) is 14.7 Å². The molecule has 1 saturated carbocycles. The third-order valence-corrected chi connectivity index (χ3v) is 5.33. The number of rotatable bonds is 7. The number of hydrogen-bond acceptors (Lipinski definition) is 5. The molecular formula is C14H24N4O2S. The first-order valence-corrected chi connectivity index (χ1v) is 8.99. The summed E-state index contributed by atoms with van der Waals surface area (Å²) in [6.45, 7) is 5.42. The second-order valence-corrected chi connectivity index (χ2v) is 7.78. The fraction of sp³-hybridized carbons (Fsp3) is 0.714. The Kier molecular flexibility index (Phi) is 5.16. The van der Waals surface area contributed by atoms with Gasteiger partial charge in [-0.05, 0) is 24.7 Å². The Balaban J connectivity index is 1.98. The summed E-state index contributed by atoms with van der Waals surface area (Å²) in [5.41, 5.74) is 0.0799. The molecule has 0 aliphatic heterocycles. The molecule has 0 bridgehead atoms. The summed E-state index contributed by atoms with van der Waals surface area (Å²) in [7, 11) is -3.53. The molecule has 6 nitrogen and oxygen atoms in total. The van der Waals surface area contributed by atoms with Crippen LogP contribution in [0.25, 0.3) is 0 Å². The van der Waals surface area contributed by atoms with Crippen LogP contribution in [-0.4, -0.2) is 31.5 Å². The Bertz CT molecular complexity index is 551. The third-order valence-electron chi connectivity index (χ3n) is 3.97. The molecule has 1 heterocycles. The van der Waals surface area contributed by atoms with Gasteiger partial charge in [-0.2, -0.15) is 0 Å². The minimum absolute atomic E-state index is 0.0799. The molecule has 1 aromatic heterocycles. The fourth-order valence-corrected chi connectivity index (χ4v) is 3.63. The van der Waals surface area contributed by atoms with E-state index < -0.39 is 10.0 Å². The van der Waals surface area contributed by atoms with E-state index in [1.165, 1.54) is 25.2 Å². The first-order valence-electron chi connectivity index (χ1n) is 7.51. The van der Waals surface area contributed by atoms with Gasteiger partial charge in [0.2, 0.25) is 16.0 Å². The van der Waals surface area contributed by atoms with Crippen LogP contribution in [0.5, 0.6) is 0 Å². The average Bonchev–Trinajstić information content (AvgIpc) is 2.91. The van der Waals surface area contributed by atoms with Crippen molar-refractivity contribution in [3.8, 4) is 0 Å². The summed E-state index contributed by atoms with van der Waals surface area (Å²) in [5, 5.41) is 3.02. The zero-order valence-corrected chi connectivity index (χ0v) is 13.5. The quantitative estimate of drug-likeness (QED) is 0.806. The monoisotopic (exact) mass is 312 g/mol. The zero-order chi connectivity index (χ0) is 15.3. The van der Waals surface area contributed by atoms with Crippen molar-refractivity contribution >= 4 is 16.0 Å². The van der Waals surface area contributed by atoms with Gasteiger partial charge >= 0.3 is 0 Å². The van der Waals surface area contributed by atoms with Gasteiger partial charge in [0.1, 0.15) is 4.90 Å². The highest BCUT2D eigenvalue weighted by Gasteiger charge is 2.30. The van der Waals surface area contributed by atoms with Crippen LogP contribution < -0.4 is 10.0 Å². The Morgan fingerprint density at radius 2 is 1.86 bits per heavy atom. The van der Waals surface area contributed by atoms with Crippen LogP contribution >= 0.6 is 0 Å². The van der Waals surface area contributed by atoms with Crippen molar-refractivity contribution in [2.24, 2.45) is 5.41 Å². The van der Waals surface area contributed by atoms with E-state index in [4.69, 9.17) is 0 Å². The molecule has 2 rings (SSSR count). The smallest absolute Gasteiger partial charge is 0.243 e. The van der Waals surface area contributed by atoms with Crippen molar-refractivity contribution in [3.63, 3.8) is 0 Å². The van der Waals surface area contributed by atoms with Crippen LogP contribution in [0.3, 0.4) is 0 Å². The summed E-state index contributed by atoms with van der Waals surface area (Å²) in [4.78, 5) is 8.19. The van der Waals surface area contributed by atoms with Gasteiger partial charge in [0.15, 0.2) is 0 Å². The highest BCUT2D eigenvalue weighted by Crippen LogP contribution is 2.36. The maximum absolute atomic E-state index is 12.2. The predicted molar refractivity (Wildman–Crippen MR) is 82.6 cm³/mol. The molecule has 0 unspecified atom stereocenters. The minimum Gasteiger partial charge on any atom is -0.354 e. The van der Waals surface area contributed by atoms with Gasteiger partial charge in [-0.1, -0.05) is 26.7 Å². The summed E-state index contributed by atoms with van der Waals surface area (Å²) in [5.74, 6) is 0.457. The van der Waals surface area contributed by atoms with E-state index in [0.717, 1.165) is 25.8 Å². The van der Waals surface area contributed by atoms with E-state index in [1.807, 2.05) is 6.92 Å². The highest BCUT2D eigenvalue weighted by atomic mass is 32.2. The molecule has 1 aromatic rings. The topological polar surface area (TPSA) is 84.0 Å². The van der Waals surface area contributed by atoms with E-state index >= 15 is 0 Å². The summed E-state index contributed by atoms with van der Waals surface area (Å²) in [6, 6.07) is 0. The SMILES string of the molecule is CCCNc1ncc(S(=O)(=O)NCC2(C)CCCC2)cn1. The molecule has 0 aromatic carbocycles. The van der Waals surface area contributed by atoms with Gasteiger partial charge in [-0.15, -0.1) is 0 Å². The number of nitrogens with one attached hydrogen (secondary N) is 2. The molecule has 2 N–H and O–H groups in total. The highest BCUT2D eigenvalue weighted by molar-refractivity contribution is 7.89. The van der Waals surface area contributed by atoms with Gasteiger partial charge < -0.3 is 5.32 Å². The normalized spacial score (nSPS) is 17.8. The van der Waals surface area contributed by atoms with E-state index in [1.54, 1.807) is 0 Å². The van der Waals surface area contributed by atoms with E-state index in [0.29, 0.717) is 12.5 Å². The predicted octanol–water partition coefficient (Wildman–Crippen LogP) is 2.16. The Labute approximate surface area is 126 Å². The molecule has 1 aliphatic rings. The third kappa shape index (κ3) is 4.38. The van der Waals surface area contributed by atoms with Gasteiger partial charge in [-0.25, -0.2) is 23.1 Å². The van der Waals surface area contributed by atoms with Crippen LogP contribution in [0.15, 0.2) is 17.3 Å². The summed E-state index contributed by atoms with van der Waals surface area (Å²) >= 11 is 0. The summed E-state index contributed by atoms with van der Waals surface area (Å²) < 4.78 is 27.2. The average molecular weight is 312 g/mol. The van der Waals surface area contributed by atoms with Crippen LogP contribution in [-0.2, 0) is 10.0 Å². The van der Waals surface area contributed by atoms with Crippen molar-refractivity contribution in [3.05, 3.63) is 12.4 Å². The molecular weight excluding hydrogens is 288 g/mol. The van der Waals surface area contributed by atoms with Crippen LogP contribution in [0.2, 0.25) is 0 Å². The molecule has 7 heteroatoms. The van der Waals surface area contributed by atoms with Crippen molar-refractivity contribution in [2.75, 3.05) is 18.4 Å². The van der Waals surface area contributed by atoms with Gasteiger partial charge in [-0.3, -0.25) is 0 Å². The van der Waals surface area contributed by atoms with Gasteiger partial charge in [0.25, 0.3) is 0 Å². The molecule has 0 radical (unpaired) electrons. The molecule has 21 heavy (non-hydrogen) atoms. The van der Waals surface area contributed by atoms with Crippen LogP contribution in [0.4, 0.5) is 5.95 Å². The Hall–Kier alpha value is -1.21. The fourth-order valence-electron chi connectivity index (χ4n) is 2.54. The lowest BCUT2D eigenvalue weighted by Crippen LogP contribution is -2.34. The second kappa shape index (κ2) is 6.70. The van der Waals surface area contributed by atoms with E-state index in [9.17, 15) is 8.42 Å². The lowest BCUT2D eigenvalue weighted by atomic mass is 9.89. The lowest BCUT2D eigenvalue weighted by Gasteiger charge is -2.23. The number of sulfonamides is 1. The minimum atomic E-state index is -3.53. The van der Waals surface area contributed by atoms with Crippen LogP contribution in [0, 0.1) is 5.41 Å². The zero-order valence-electron chi connectivity index (χ0n) is 12.7. The molecule has 118 valence electrons. The standard InChI is InChI=1S/C14H24N4O2S/c1-3-8-15-13-16-9-12(10-17-13)21(19,20)18-11-14(2)6-4-5-7-14/h9-10,18H,3-8,11H2,1-2H3,(H,15,16,17). The number of aromatic nitrogens is 2. The Morgan fingerprint density at radius 1 is 1.24 bits per heavy atom. The van der Waals surface area contributed by atoms with E-state index in [-0.39, 0.29) is 10.3 Å². The van der Waals surface area contributed by atoms with Gasteiger partial charge in [0, 0.05) is 13.1 Å². The maximum Gasteiger partial charge on any atom is 0.243 e.